The van der Waals surface area contributed by atoms with Gasteiger partial charge in [-0.05, 0) is 11.4 Å². The van der Waals surface area contributed by atoms with Gasteiger partial charge in [0.1, 0.15) is 0 Å². The Bertz CT molecular complexity index is 510. The van der Waals surface area contributed by atoms with E-state index in [9.17, 15) is 14.7 Å². The molecule has 0 saturated carbocycles. The number of aliphatic carboxylic acids is 1. The molecule has 1 unspecified atom stereocenters. The fourth-order valence-electron chi connectivity index (χ4n) is 1.24. The van der Waals surface area contributed by atoms with Crippen molar-refractivity contribution in [1.29, 1.82) is 0 Å². The number of nitrogens with zero attached hydrogens (tertiary/aromatic N) is 2. The number of carbonyl (C=O) groups excluding carboxylic acids is 2. The van der Waals surface area contributed by atoms with Gasteiger partial charge in [0.05, 0.1) is 11.5 Å². The molecule has 1 aliphatic heterocycles. The van der Waals surface area contributed by atoms with Crippen LogP contribution in [0.5, 0.6) is 0 Å². The first-order valence-corrected chi connectivity index (χ1v) is 6.73. The normalized spacial score (nSPS) is 21.7. The molecule has 1 saturated heterocycles. The van der Waals surface area contributed by atoms with Crippen LogP contribution in [0.15, 0.2) is 27.7 Å². The van der Waals surface area contributed by atoms with E-state index in [1.54, 1.807) is 6.21 Å². The van der Waals surface area contributed by atoms with E-state index in [-0.39, 0.29) is 12.3 Å². The van der Waals surface area contributed by atoms with Crippen molar-refractivity contribution in [3.05, 3.63) is 22.4 Å². The van der Waals surface area contributed by atoms with Crippen molar-refractivity contribution in [1.82, 2.24) is 5.32 Å². The summed E-state index contributed by atoms with van der Waals surface area (Å²) in [4.78, 5) is 22.7. The minimum absolute atomic E-state index is 0.305. The van der Waals surface area contributed by atoms with Gasteiger partial charge in [0.15, 0.2) is 5.17 Å². The lowest BCUT2D eigenvalue weighted by atomic mass is 10.3. The quantitative estimate of drug-likeness (QED) is 0.611. The van der Waals surface area contributed by atoms with Gasteiger partial charge in [0, 0.05) is 17.3 Å². The first kappa shape index (κ1) is 12.8. The summed E-state index contributed by atoms with van der Waals surface area (Å²) in [6, 6.07) is 3.77. The second-order valence-electron chi connectivity index (χ2n) is 3.34. The van der Waals surface area contributed by atoms with Crippen LogP contribution in [-0.2, 0) is 9.59 Å². The van der Waals surface area contributed by atoms with Crippen molar-refractivity contribution >= 4 is 46.4 Å². The molecule has 2 rings (SSSR count). The Balaban J connectivity index is 1.95. The number of hydrogen-bond acceptors (Lipinski definition) is 7. The maximum Gasteiger partial charge on any atom is 0.239 e. The third-order valence-corrected chi connectivity index (χ3v) is 3.88. The molecule has 1 aromatic heterocycles. The fourth-order valence-corrected chi connectivity index (χ4v) is 2.73. The summed E-state index contributed by atoms with van der Waals surface area (Å²) in [6.07, 6.45) is 1.24. The van der Waals surface area contributed by atoms with Crippen LogP contribution in [0.3, 0.4) is 0 Å². The summed E-state index contributed by atoms with van der Waals surface area (Å²) in [5.74, 6) is -1.64. The molecule has 1 fully saturated rings. The Labute approximate surface area is 111 Å². The van der Waals surface area contributed by atoms with Gasteiger partial charge >= 0.3 is 0 Å². The summed E-state index contributed by atoms with van der Waals surface area (Å²) >= 11 is 2.56. The van der Waals surface area contributed by atoms with Crippen molar-refractivity contribution in [3.8, 4) is 0 Å². The number of nitrogens with one attached hydrogen (secondary N) is 1. The van der Waals surface area contributed by atoms with Crippen LogP contribution < -0.4 is 10.4 Å². The summed E-state index contributed by atoms with van der Waals surface area (Å²) in [5.41, 5.74) is 0. The predicted octanol–water partition coefficient (Wildman–Crippen LogP) is -0.190. The average molecular weight is 282 g/mol. The third kappa shape index (κ3) is 3.41. The molecule has 0 aliphatic carbocycles. The predicted molar refractivity (Wildman–Crippen MR) is 68.5 cm³/mol. The minimum atomic E-state index is -1.26. The lowest BCUT2D eigenvalue weighted by Crippen LogP contribution is -2.31. The van der Waals surface area contributed by atoms with Gasteiger partial charge in [0.2, 0.25) is 5.91 Å². The monoisotopic (exact) mass is 282 g/mol. The topological polar surface area (TPSA) is 93.9 Å². The maximum absolute atomic E-state index is 11.4. The molecule has 1 atom stereocenters. The Hall–Kier alpha value is -1.67. The molecule has 6 nitrogen and oxygen atoms in total. The molecule has 1 N–H and O–H groups in total. The number of thioether (sulfide) groups is 1. The van der Waals surface area contributed by atoms with Crippen LogP contribution >= 0.6 is 23.1 Å². The van der Waals surface area contributed by atoms with Gasteiger partial charge in [-0.25, -0.2) is 0 Å². The zero-order valence-corrected chi connectivity index (χ0v) is 10.7. The smallest absolute Gasteiger partial charge is 0.239 e. The highest BCUT2D eigenvalue weighted by molar-refractivity contribution is 8.15. The molecule has 0 spiro atoms. The molecule has 0 aromatic carbocycles. The first-order chi connectivity index (χ1) is 8.65. The van der Waals surface area contributed by atoms with Gasteiger partial charge < -0.3 is 15.2 Å². The number of amides is 1. The summed E-state index contributed by atoms with van der Waals surface area (Å²) in [6.45, 7) is 0. The van der Waals surface area contributed by atoms with E-state index >= 15 is 0 Å². The highest BCUT2D eigenvalue weighted by atomic mass is 32.2. The molecule has 94 valence electrons. The van der Waals surface area contributed by atoms with E-state index in [4.69, 9.17) is 0 Å². The maximum atomic E-state index is 11.4. The van der Waals surface area contributed by atoms with Crippen molar-refractivity contribution < 1.29 is 14.7 Å². The summed E-state index contributed by atoms with van der Waals surface area (Å²) in [7, 11) is 0. The van der Waals surface area contributed by atoms with E-state index in [2.05, 4.69) is 15.5 Å². The largest absolute Gasteiger partial charge is 0.550 e. The van der Waals surface area contributed by atoms with E-state index < -0.39 is 11.2 Å². The van der Waals surface area contributed by atoms with E-state index in [1.807, 2.05) is 17.5 Å². The van der Waals surface area contributed by atoms with Gasteiger partial charge in [0.25, 0.3) is 0 Å². The van der Waals surface area contributed by atoms with E-state index in [1.165, 1.54) is 11.3 Å². The highest BCUT2D eigenvalue weighted by Crippen LogP contribution is 2.21. The zero-order valence-electron chi connectivity index (χ0n) is 9.03. The second-order valence-corrected chi connectivity index (χ2v) is 5.51. The number of rotatable bonds is 4. The molecule has 0 radical (unpaired) electrons. The van der Waals surface area contributed by atoms with Crippen LogP contribution in [0.1, 0.15) is 11.3 Å². The first-order valence-electron chi connectivity index (χ1n) is 4.97. The van der Waals surface area contributed by atoms with Crippen LogP contribution in [0.4, 0.5) is 0 Å². The molecule has 2 heterocycles. The molecular formula is C10H8N3O3S2-. The van der Waals surface area contributed by atoms with Gasteiger partial charge in [-0.2, -0.15) is 5.10 Å². The molecule has 18 heavy (non-hydrogen) atoms. The van der Waals surface area contributed by atoms with Crippen molar-refractivity contribution in [2.24, 2.45) is 10.2 Å². The Kier molecular flexibility index (Phi) is 4.11. The van der Waals surface area contributed by atoms with Gasteiger partial charge in [-0.3, -0.25) is 4.79 Å². The van der Waals surface area contributed by atoms with Gasteiger partial charge in [-0.1, -0.05) is 17.8 Å². The zero-order chi connectivity index (χ0) is 13.0. The van der Waals surface area contributed by atoms with Crippen LogP contribution in [0, 0.1) is 0 Å². The summed E-state index contributed by atoms with van der Waals surface area (Å²) < 4.78 is 0. The van der Waals surface area contributed by atoms with Crippen LogP contribution in [0.2, 0.25) is 0 Å². The second kappa shape index (κ2) is 5.78. The fraction of sp³-hybridized carbons (Fsp3) is 0.200. The SMILES string of the molecule is O=C([O-])CC1S/C(=N\N=Cc2cccs2)NC1=O. The molecule has 0 bridgehead atoms. The van der Waals surface area contributed by atoms with Crippen molar-refractivity contribution in [2.45, 2.75) is 11.7 Å². The third-order valence-electron chi connectivity index (χ3n) is 2.01. The average Bonchev–Trinajstić information content (AvgIpc) is 2.90. The van der Waals surface area contributed by atoms with E-state index in [0.717, 1.165) is 16.6 Å². The number of thiophene rings is 1. The molecule has 1 amide bonds. The lowest BCUT2D eigenvalue weighted by molar-refractivity contribution is -0.305. The molecule has 8 heteroatoms. The number of carboxylic acids is 1. The van der Waals surface area contributed by atoms with Crippen molar-refractivity contribution in [2.75, 3.05) is 0 Å². The van der Waals surface area contributed by atoms with Gasteiger partial charge in [-0.15, -0.1) is 16.4 Å². The van der Waals surface area contributed by atoms with E-state index in [0.29, 0.717) is 5.17 Å². The Morgan fingerprint density at radius 2 is 2.44 bits per heavy atom. The minimum Gasteiger partial charge on any atom is -0.550 e. The number of amidine groups is 1. The highest BCUT2D eigenvalue weighted by Gasteiger charge is 2.30. The molecule has 1 aromatic rings. The van der Waals surface area contributed by atoms with Crippen LogP contribution in [-0.4, -0.2) is 28.5 Å². The number of hydrogen-bond donors (Lipinski definition) is 1. The molecular weight excluding hydrogens is 274 g/mol. The van der Waals surface area contributed by atoms with Crippen LogP contribution in [0.25, 0.3) is 0 Å². The Morgan fingerprint density at radius 3 is 3.11 bits per heavy atom. The number of carboxylic acid groups (broad SMARTS) is 1. The Morgan fingerprint density at radius 1 is 1.61 bits per heavy atom. The summed E-state index contributed by atoms with van der Waals surface area (Å²) in [5, 5.41) is 22.0. The van der Waals surface area contributed by atoms with Crippen molar-refractivity contribution in [3.63, 3.8) is 0 Å². The molecule has 1 aliphatic rings. The number of carbonyl (C=O) groups is 2. The standard InChI is InChI=1S/C10H9N3O3S2/c14-8(15)4-7-9(16)12-10(18-7)13-11-5-6-2-1-3-17-6/h1-3,5,7H,4H2,(H,14,15)(H,12,13,16)/p-1. The lowest BCUT2D eigenvalue weighted by Gasteiger charge is -2.04.